The molecule has 0 saturated heterocycles. The summed E-state index contributed by atoms with van der Waals surface area (Å²) in [5, 5.41) is 3.44. The van der Waals surface area contributed by atoms with Crippen LogP contribution in [0, 0.1) is 5.82 Å². The molecular formula is C20H13FN6O. The average molecular weight is 372 g/mol. The van der Waals surface area contributed by atoms with E-state index in [9.17, 15) is 9.18 Å². The maximum Gasteiger partial charge on any atom is 0.257 e. The molecule has 5 aromatic rings. The van der Waals surface area contributed by atoms with Crippen LogP contribution in [0.25, 0.3) is 27.8 Å². The van der Waals surface area contributed by atoms with Gasteiger partial charge in [0, 0.05) is 53.6 Å². The van der Waals surface area contributed by atoms with Gasteiger partial charge in [0.15, 0.2) is 0 Å². The lowest BCUT2D eigenvalue weighted by Gasteiger charge is -2.06. The molecule has 0 spiro atoms. The first-order chi connectivity index (χ1) is 13.7. The predicted molar refractivity (Wildman–Crippen MR) is 102 cm³/mol. The van der Waals surface area contributed by atoms with Crippen molar-refractivity contribution in [1.82, 2.24) is 24.3 Å². The summed E-state index contributed by atoms with van der Waals surface area (Å²) < 4.78 is 15.2. The largest absolute Gasteiger partial charge is 0.346 e. The molecule has 136 valence electrons. The van der Waals surface area contributed by atoms with E-state index >= 15 is 0 Å². The van der Waals surface area contributed by atoms with Crippen LogP contribution in [0.3, 0.4) is 0 Å². The van der Waals surface area contributed by atoms with Crippen molar-refractivity contribution < 1.29 is 9.18 Å². The number of amides is 1. The molecule has 0 unspecified atom stereocenters. The minimum atomic E-state index is -0.519. The number of carbonyl (C=O) groups is 1. The number of H-pyrrole nitrogens is 1. The number of aromatic nitrogens is 5. The highest BCUT2D eigenvalue weighted by atomic mass is 19.1. The van der Waals surface area contributed by atoms with Gasteiger partial charge < -0.3 is 14.7 Å². The van der Waals surface area contributed by atoms with E-state index < -0.39 is 5.82 Å². The van der Waals surface area contributed by atoms with Crippen molar-refractivity contribution in [2.75, 3.05) is 5.32 Å². The first-order valence-electron chi connectivity index (χ1n) is 8.49. The quantitative estimate of drug-likeness (QED) is 0.506. The SMILES string of the molecule is O=C(Nc1cncc(F)c1)c1cnc2[nH]cc(-c3ccc4nccn4c3)c2c1. The molecule has 0 atom stereocenters. The van der Waals surface area contributed by atoms with Crippen LogP contribution >= 0.6 is 0 Å². The molecule has 0 radical (unpaired) electrons. The smallest absolute Gasteiger partial charge is 0.257 e. The van der Waals surface area contributed by atoms with Gasteiger partial charge in [0.2, 0.25) is 0 Å². The second-order valence-electron chi connectivity index (χ2n) is 6.28. The lowest BCUT2D eigenvalue weighted by atomic mass is 10.1. The Kier molecular flexibility index (Phi) is 3.61. The average Bonchev–Trinajstić information content (AvgIpc) is 3.33. The van der Waals surface area contributed by atoms with Gasteiger partial charge in [-0.05, 0) is 18.2 Å². The molecular weight excluding hydrogens is 359 g/mol. The summed E-state index contributed by atoms with van der Waals surface area (Å²) in [7, 11) is 0. The van der Waals surface area contributed by atoms with E-state index in [1.54, 1.807) is 12.3 Å². The molecule has 0 aliphatic heterocycles. The van der Waals surface area contributed by atoms with Crippen LogP contribution in [-0.4, -0.2) is 30.2 Å². The summed E-state index contributed by atoms with van der Waals surface area (Å²) in [6.07, 6.45) is 11.4. The molecule has 0 fully saturated rings. The number of fused-ring (bicyclic) bond motifs is 2. The number of anilines is 1. The van der Waals surface area contributed by atoms with Gasteiger partial charge in [-0.1, -0.05) is 0 Å². The minimum Gasteiger partial charge on any atom is -0.346 e. The Hall–Kier alpha value is -4.07. The van der Waals surface area contributed by atoms with Gasteiger partial charge >= 0.3 is 0 Å². The van der Waals surface area contributed by atoms with Gasteiger partial charge in [-0.2, -0.15) is 0 Å². The van der Waals surface area contributed by atoms with E-state index in [1.807, 2.05) is 35.1 Å². The summed E-state index contributed by atoms with van der Waals surface area (Å²) in [5.74, 6) is -0.909. The van der Waals surface area contributed by atoms with Gasteiger partial charge in [0.25, 0.3) is 5.91 Å². The molecule has 0 aromatic carbocycles. The molecule has 7 nitrogen and oxygen atoms in total. The highest BCUT2D eigenvalue weighted by Crippen LogP contribution is 2.28. The van der Waals surface area contributed by atoms with Gasteiger partial charge in [-0.3, -0.25) is 9.78 Å². The Labute approximate surface area is 157 Å². The zero-order valence-electron chi connectivity index (χ0n) is 14.4. The summed E-state index contributed by atoms with van der Waals surface area (Å²) >= 11 is 0. The second-order valence-corrected chi connectivity index (χ2v) is 6.28. The number of hydrogen-bond acceptors (Lipinski definition) is 4. The number of rotatable bonds is 3. The first-order valence-corrected chi connectivity index (χ1v) is 8.49. The van der Waals surface area contributed by atoms with E-state index in [0.717, 1.165) is 28.4 Å². The molecule has 0 aliphatic carbocycles. The fourth-order valence-corrected chi connectivity index (χ4v) is 3.13. The maximum absolute atomic E-state index is 13.3. The molecule has 2 N–H and O–H groups in total. The maximum atomic E-state index is 13.3. The normalized spacial score (nSPS) is 11.2. The van der Waals surface area contributed by atoms with Crippen LogP contribution < -0.4 is 5.32 Å². The van der Waals surface area contributed by atoms with Gasteiger partial charge in [0.05, 0.1) is 23.6 Å². The van der Waals surface area contributed by atoms with Crippen LogP contribution in [0.2, 0.25) is 0 Å². The van der Waals surface area contributed by atoms with Gasteiger partial charge in [-0.25, -0.2) is 14.4 Å². The molecule has 5 heterocycles. The number of aromatic amines is 1. The predicted octanol–water partition coefficient (Wildman–Crippen LogP) is 3.66. The van der Waals surface area contributed by atoms with Crippen molar-refractivity contribution in [1.29, 1.82) is 0 Å². The van der Waals surface area contributed by atoms with Crippen molar-refractivity contribution in [2.45, 2.75) is 0 Å². The third-order valence-electron chi connectivity index (χ3n) is 4.46. The molecule has 0 aliphatic rings. The molecule has 0 saturated carbocycles. The zero-order valence-corrected chi connectivity index (χ0v) is 14.4. The number of nitrogens with one attached hydrogen (secondary N) is 2. The number of nitrogens with zero attached hydrogens (tertiary/aromatic N) is 4. The third kappa shape index (κ3) is 2.77. The Bertz CT molecular complexity index is 1340. The summed E-state index contributed by atoms with van der Waals surface area (Å²) in [5.41, 5.74) is 4.05. The number of imidazole rings is 1. The molecule has 1 amide bonds. The highest BCUT2D eigenvalue weighted by Gasteiger charge is 2.13. The van der Waals surface area contributed by atoms with Crippen molar-refractivity contribution in [2.24, 2.45) is 0 Å². The number of halogens is 1. The van der Waals surface area contributed by atoms with E-state index in [1.165, 1.54) is 18.5 Å². The second kappa shape index (κ2) is 6.27. The van der Waals surface area contributed by atoms with E-state index in [0.29, 0.717) is 11.2 Å². The standard InChI is InChI=1S/C20H13FN6O/c21-14-6-15(9-22-8-14)26-20(28)13-5-16-17(10-25-19(16)24-7-13)12-1-2-18-23-3-4-27(18)11-12/h1-11H,(H,24,25)(H,26,28). The molecule has 28 heavy (non-hydrogen) atoms. The van der Waals surface area contributed by atoms with Crippen LogP contribution in [0.4, 0.5) is 10.1 Å². The highest BCUT2D eigenvalue weighted by molar-refractivity contribution is 6.07. The third-order valence-corrected chi connectivity index (χ3v) is 4.46. The van der Waals surface area contributed by atoms with Crippen LogP contribution in [0.5, 0.6) is 0 Å². The zero-order chi connectivity index (χ0) is 19.1. The molecule has 8 heteroatoms. The van der Waals surface area contributed by atoms with E-state index in [4.69, 9.17) is 0 Å². The summed E-state index contributed by atoms with van der Waals surface area (Å²) in [6.45, 7) is 0. The molecule has 5 aromatic heterocycles. The Morgan fingerprint density at radius 3 is 2.96 bits per heavy atom. The monoisotopic (exact) mass is 372 g/mol. The lowest BCUT2D eigenvalue weighted by molar-refractivity contribution is 0.102. The van der Waals surface area contributed by atoms with Crippen LogP contribution in [-0.2, 0) is 0 Å². The fraction of sp³-hybridized carbons (Fsp3) is 0. The Morgan fingerprint density at radius 2 is 2.07 bits per heavy atom. The molecule has 5 rings (SSSR count). The number of carbonyl (C=O) groups excluding carboxylic acids is 1. The van der Waals surface area contributed by atoms with Crippen LogP contribution in [0.1, 0.15) is 10.4 Å². The summed E-state index contributed by atoms with van der Waals surface area (Å²) in [4.78, 5) is 28.0. The van der Waals surface area contributed by atoms with Crippen molar-refractivity contribution in [3.8, 4) is 11.1 Å². The van der Waals surface area contributed by atoms with Crippen molar-refractivity contribution >= 4 is 28.3 Å². The van der Waals surface area contributed by atoms with E-state index in [-0.39, 0.29) is 11.6 Å². The number of pyridine rings is 3. The van der Waals surface area contributed by atoms with Gasteiger partial charge in [-0.15, -0.1) is 0 Å². The van der Waals surface area contributed by atoms with Gasteiger partial charge in [0.1, 0.15) is 17.1 Å². The first kappa shape index (κ1) is 16.1. The van der Waals surface area contributed by atoms with E-state index in [2.05, 4.69) is 25.3 Å². The molecule has 0 bridgehead atoms. The topological polar surface area (TPSA) is 88.0 Å². The van der Waals surface area contributed by atoms with Crippen molar-refractivity contribution in [3.63, 3.8) is 0 Å². The van der Waals surface area contributed by atoms with Crippen molar-refractivity contribution in [3.05, 3.63) is 79.0 Å². The minimum absolute atomic E-state index is 0.282. The Balaban J connectivity index is 1.53. The summed E-state index contributed by atoms with van der Waals surface area (Å²) in [6, 6.07) is 6.86. The Morgan fingerprint density at radius 1 is 1.14 bits per heavy atom. The lowest BCUT2D eigenvalue weighted by Crippen LogP contribution is -2.12. The van der Waals surface area contributed by atoms with Crippen LogP contribution in [0.15, 0.2) is 67.6 Å². The number of hydrogen-bond donors (Lipinski definition) is 2. The fourth-order valence-electron chi connectivity index (χ4n) is 3.13.